The summed E-state index contributed by atoms with van der Waals surface area (Å²) in [6.45, 7) is 3.99. The summed E-state index contributed by atoms with van der Waals surface area (Å²) in [7, 11) is 0. The highest BCUT2D eigenvalue weighted by molar-refractivity contribution is 6.33. The Hall–Kier alpha value is -1.73. The largest absolute Gasteiger partial charge is 0.341 e. The normalized spacial score (nSPS) is 12.9. The van der Waals surface area contributed by atoms with Crippen LogP contribution in [0.15, 0.2) is 6.33 Å². The monoisotopic (exact) mass is 282 g/mol. The maximum absolute atomic E-state index is 11.8. The van der Waals surface area contributed by atoms with Gasteiger partial charge < -0.3 is 10.7 Å². The molecular weight excluding hydrogens is 268 g/mol. The highest BCUT2D eigenvalue weighted by Crippen LogP contribution is 2.18. The van der Waals surface area contributed by atoms with Crippen LogP contribution in [0.25, 0.3) is 11.2 Å². The molecule has 0 aliphatic carbocycles. The molecule has 0 fully saturated rings. The number of fused-ring (bicyclic) bond motifs is 1. The Bertz CT molecular complexity index is 596. The number of hydrogen-bond acceptors (Lipinski definition) is 5. The molecule has 1 atom stereocenters. The molecule has 0 saturated carbocycles. The molecule has 2 aromatic rings. The summed E-state index contributed by atoms with van der Waals surface area (Å²) in [4.78, 5) is 26.7. The van der Waals surface area contributed by atoms with E-state index in [1.54, 1.807) is 0 Å². The molecule has 19 heavy (non-hydrogen) atoms. The lowest BCUT2D eigenvalue weighted by molar-refractivity contribution is -0.117. The van der Waals surface area contributed by atoms with Crippen molar-refractivity contribution in [3.63, 3.8) is 0 Å². The first-order valence-corrected chi connectivity index (χ1v) is 6.28. The number of imidazole rings is 1. The Morgan fingerprint density at radius 2 is 2.26 bits per heavy atom. The quantitative estimate of drug-likeness (QED) is 0.733. The summed E-state index contributed by atoms with van der Waals surface area (Å²) in [5, 5.41) is 2.75. The number of H-pyrrole nitrogens is 1. The first kappa shape index (κ1) is 13.7. The number of nitrogens with one attached hydrogen (secondary N) is 2. The van der Waals surface area contributed by atoms with Gasteiger partial charge in [-0.1, -0.05) is 25.4 Å². The molecule has 4 N–H and O–H groups in total. The third-order valence-corrected chi connectivity index (χ3v) is 2.81. The first-order chi connectivity index (χ1) is 8.97. The smallest absolute Gasteiger partial charge is 0.243 e. The topological polar surface area (TPSA) is 110 Å². The van der Waals surface area contributed by atoms with Crippen molar-refractivity contribution in [3.05, 3.63) is 11.5 Å². The molecule has 1 amide bonds. The van der Waals surface area contributed by atoms with Crippen molar-refractivity contribution in [3.8, 4) is 0 Å². The molecular formula is C11H15ClN6O. The van der Waals surface area contributed by atoms with E-state index >= 15 is 0 Å². The lowest BCUT2D eigenvalue weighted by atomic mass is 10.0. The maximum atomic E-state index is 11.8. The molecule has 2 rings (SSSR count). The molecule has 0 radical (unpaired) electrons. The van der Waals surface area contributed by atoms with E-state index in [9.17, 15) is 4.79 Å². The van der Waals surface area contributed by atoms with Crippen LogP contribution in [0.4, 0.5) is 5.95 Å². The molecule has 0 spiro atoms. The van der Waals surface area contributed by atoms with Crippen LogP contribution in [0.5, 0.6) is 0 Å². The SMILES string of the molecule is CC(C)C[C@@H](N)C(=O)Nc1nc(Cl)c2[nH]cnc2n1. The number of carbonyl (C=O) groups excluding carboxylic acids is 1. The second-order valence-electron chi connectivity index (χ2n) is 4.66. The Kier molecular flexibility index (Phi) is 3.96. The molecule has 0 bridgehead atoms. The average molecular weight is 283 g/mol. The highest BCUT2D eigenvalue weighted by Gasteiger charge is 2.17. The van der Waals surface area contributed by atoms with E-state index in [2.05, 4.69) is 25.3 Å². The van der Waals surface area contributed by atoms with Crippen molar-refractivity contribution >= 4 is 34.6 Å². The second-order valence-corrected chi connectivity index (χ2v) is 5.02. The number of aromatic nitrogens is 4. The minimum Gasteiger partial charge on any atom is -0.341 e. The fraction of sp³-hybridized carbons (Fsp3) is 0.455. The Balaban J connectivity index is 2.14. The molecule has 8 heteroatoms. The van der Waals surface area contributed by atoms with Gasteiger partial charge in [0.15, 0.2) is 10.8 Å². The molecule has 102 valence electrons. The number of amides is 1. The van der Waals surface area contributed by atoms with Gasteiger partial charge in [0.1, 0.15) is 5.52 Å². The van der Waals surface area contributed by atoms with Gasteiger partial charge in [0, 0.05) is 0 Å². The van der Waals surface area contributed by atoms with Gasteiger partial charge in [-0.2, -0.15) is 9.97 Å². The third kappa shape index (κ3) is 3.18. The van der Waals surface area contributed by atoms with Gasteiger partial charge in [-0.05, 0) is 12.3 Å². The van der Waals surface area contributed by atoms with Crippen LogP contribution < -0.4 is 11.1 Å². The van der Waals surface area contributed by atoms with Gasteiger partial charge >= 0.3 is 0 Å². The summed E-state index contributed by atoms with van der Waals surface area (Å²) in [6, 6.07) is -0.600. The molecule has 0 aliphatic rings. The Morgan fingerprint density at radius 1 is 1.53 bits per heavy atom. The Morgan fingerprint density at radius 3 is 2.95 bits per heavy atom. The van der Waals surface area contributed by atoms with Gasteiger partial charge in [-0.3, -0.25) is 10.1 Å². The van der Waals surface area contributed by atoms with Crippen molar-refractivity contribution in [1.82, 2.24) is 19.9 Å². The molecule has 0 aliphatic heterocycles. The van der Waals surface area contributed by atoms with Gasteiger partial charge in [-0.25, -0.2) is 4.98 Å². The molecule has 2 heterocycles. The van der Waals surface area contributed by atoms with Crippen molar-refractivity contribution in [2.45, 2.75) is 26.3 Å². The summed E-state index contributed by atoms with van der Waals surface area (Å²) >= 11 is 5.95. The zero-order valence-corrected chi connectivity index (χ0v) is 11.4. The predicted molar refractivity (Wildman–Crippen MR) is 72.8 cm³/mol. The summed E-state index contributed by atoms with van der Waals surface area (Å²) in [5.41, 5.74) is 6.70. The van der Waals surface area contributed by atoms with E-state index in [-0.39, 0.29) is 17.0 Å². The molecule has 7 nitrogen and oxygen atoms in total. The predicted octanol–water partition coefficient (Wildman–Crippen LogP) is 1.32. The van der Waals surface area contributed by atoms with Crippen LogP contribution in [0.2, 0.25) is 5.15 Å². The van der Waals surface area contributed by atoms with Crippen LogP contribution in [0, 0.1) is 5.92 Å². The first-order valence-electron chi connectivity index (χ1n) is 5.90. The number of nitrogens with zero attached hydrogens (tertiary/aromatic N) is 3. The number of halogens is 1. The van der Waals surface area contributed by atoms with Gasteiger partial charge in [0.2, 0.25) is 11.9 Å². The standard InChI is InChI=1S/C11H15ClN6O/c1-5(2)3-6(13)10(19)18-11-16-8(12)7-9(17-11)15-4-14-7/h4-6H,3,13H2,1-2H3,(H2,14,15,16,17,18,19)/t6-/m1/s1. The Labute approximate surface area is 115 Å². The summed E-state index contributed by atoms with van der Waals surface area (Å²) in [6.07, 6.45) is 2.05. The molecule has 0 saturated heterocycles. The van der Waals surface area contributed by atoms with E-state index in [0.717, 1.165) is 0 Å². The fourth-order valence-corrected chi connectivity index (χ4v) is 1.89. The van der Waals surface area contributed by atoms with E-state index in [4.69, 9.17) is 17.3 Å². The minimum atomic E-state index is -0.600. The van der Waals surface area contributed by atoms with E-state index in [1.165, 1.54) is 6.33 Å². The number of carbonyl (C=O) groups is 1. The van der Waals surface area contributed by atoms with Gasteiger partial charge in [0.25, 0.3) is 0 Å². The van der Waals surface area contributed by atoms with E-state index in [1.807, 2.05) is 13.8 Å². The zero-order valence-electron chi connectivity index (χ0n) is 10.6. The number of aromatic amines is 1. The number of hydrogen-bond donors (Lipinski definition) is 3. The second kappa shape index (κ2) is 5.50. The van der Waals surface area contributed by atoms with E-state index in [0.29, 0.717) is 23.5 Å². The van der Waals surface area contributed by atoms with Crippen LogP contribution in [-0.4, -0.2) is 31.9 Å². The van der Waals surface area contributed by atoms with Crippen molar-refractivity contribution in [2.24, 2.45) is 11.7 Å². The average Bonchev–Trinajstić information content (AvgIpc) is 2.76. The van der Waals surface area contributed by atoms with Crippen LogP contribution >= 0.6 is 11.6 Å². The van der Waals surface area contributed by atoms with Crippen LogP contribution in [-0.2, 0) is 4.79 Å². The van der Waals surface area contributed by atoms with E-state index < -0.39 is 6.04 Å². The molecule has 0 unspecified atom stereocenters. The summed E-state index contributed by atoms with van der Waals surface area (Å²) in [5.74, 6) is 0.104. The fourth-order valence-electron chi connectivity index (χ4n) is 1.67. The van der Waals surface area contributed by atoms with Crippen molar-refractivity contribution in [1.29, 1.82) is 0 Å². The lowest BCUT2D eigenvalue weighted by Crippen LogP contribution is -2.37. The number of rotatable bonds is 4. The van der Waals surface area contributed by atoms with Crippen molar-refractivity contribution in [2.75, 3.05) is 5.32 Å². The molecule has 0 aromatic carbocycles. The maximum Gasteiger partial charge on any atom is 0.243 e. The highest BCUT2D eigenvalue weighted by atomic mass is 35.5. The van der Waals surface area contributed by atoms with Crippen molar-refractivity contribution < 1.29 is 4.79 Å². The van der Waals surface area contributed by atoms with Crippen LogP contribution in [0.3, 0.4) is 0 Å². The van der Waals surface area contributed by atoms with Crippen LogP contribution in [0.1, 0.15) is 20.3 Å². The molecule has 2 aromatic heterocycles. The summed E-state index contributed by atoms with van der Waals surface area (Å²) < 4.78 is 0. The van der Waals surface area contributed by atoms with Gasteiger partial charge in [0.05, 0.1) is 12.4 Å². The zero-order chi connectivity index (χ0) is 14.0. The number of nitrogens with two attached hydrogens (primary N) is 1. The van der Waals surface area contributed by atoms with Gasteiger partial charge in [-0.15, -0.1) is 0 Å². The number of anilines is 1. The lowest BCUT2D eigenvalue weighted by Gasteiger charge is -2.13. The minimum absolute atomic E-state index is 0.105. The third-order valence-electron chi connectivity index (χ3n) is 2.54.